The van der Waals surface area contributed by atoms with Gasteiger partial charge in [-0.05, 0) is 91.8 Å². The number of fused-ring (bicyclic) bond motifs is 3. The molecule has 0 radical (unpaired) electrons. The van der Waals surface area contributed by atoms with Gasteiger partial charge in [0.1, 0.15) is 24.0 Å². The zero-order valence-electron chi connectivity index (χ0n) is 34.1. The van der Waals surface area contributed by atoms with Gasteiger partial charge in [0.05, 0.1) is 22.5 Å². The SMILES string of the molecule is CC1(C)C(NC(=O)c2ccc(N3CCC(CN4CCN(c5ccc6c(c5)CN([C@H]5CCC(=O)NC5=O)C6=O)CC4)CC3)nn2)C2(C)c3ccnc4c(C#N)ccc(c34)O[C@@H]12. The Morgan fingerprint density at radius 1 is 0.950 bits per heavy atom. The van der Waals surface area contributed by atoms with E-state index >= 15 is 0 Å². The van der Waals surface area contributed by atoms with Gasteiger partial charge in [0, 0.05) is 87.0 Å². The van der Waals surface area contributed by atoms with Crippen LogP contribution in [0.2, 0.25) is 0 Å². The third-order valence-corrected chi connectivity index (χ3v) is 14.2. The smallest absolute Gasteiger partial charge is 0.272 e. The number of carbonyl (C=O) groups excluding carboxylic acids is 4. The Hall–Kier alpha value is -6.14. The zero-order valence-corrected chi connectivity index (χ0v) is 34.1. The fraction of sp³-hybridized carbons (Fsp3) is 0.467. The van der Waals surface area contributed by atoms with Crippen LogP contribution in [0.1, 0.15) is 84.0 Å². The van der Waals surface area contributed by atoms with Gasteiger partial charge in [-0.2, -0.15) is 5.26 Å². The van der Waals surface area contributed by atoms with E-state index in [1.54, 1.807) is 23.2 Å². The van der Waals surface area contributed by atoms with Crippen LogP contribution in [0.15, 0.2) is 54.7 Å². The number of pyridine rings is 1. The molecule has 2 aromatic heterocycles. The second kappa shape index (κ2) is 14.3. The minimum Gasteiger partial charge on any atom is -0.488 e. The Bertz CT molecular complexity index is 2490. The van der Waals surface area contributed by atoms with Crippen molar-refractivity contribution in [3.05, 3.63) is 82.7 Å². The molecule has 2 N–H and O–H groups in total. The molecule has 1 aliphatic carbocycles. The summed E-state index contributed by atoms with van der Waals surface area (Å²) in [7, 11) is 0. The molecule has 5 aliphatic heterocycles. The first-order valence-electron chi connectivity index (χ1n) is 21.1. The molecule has 4 atom stereocenters. The molecule has 0 spiro atoms. The minimum atomic E-state index is -0.610. The molecule has 2 unspecified atom stereocenters. The third-order valence-electron chi connectivity index (χ3n) is 14.2. The normalized spacial score (nSPS) is 26.1. The minimum absolute atomic E-state index is 0.146. The summed E-state index contributed by atoms with van der Waals surface area (Å²) in [5.74, 6) is 0.965. The van der Waals surface area contributed by atoms with Gasteiger partial charge in [-0.15, -0.1) is 10.2 Å². The molecule has 0 bridgehead atoms. The van der Waals surface area contributed by atoms with E-state index in [2.05, 4.69) is 73.4 Å². The van der Waals surface area contributed by atoms with Gasteiger partial charge in [0.25, 0.3) is 11.8 Å². The standard InChI is InChI=1S/C45H48N10O5/c1-44(2)42(45(3)31-12-15-47-38-27(23-46)4-9-34(37(31)38)60-43(44)45)49-39(57)32-7-10-35(51-50-32)54-16-13-26(14-17-54)24-52-18-20-53(21-19-52)29-5-6-30-28(22-29)25-55(41(30)59)33-8-11-36(56)48-40(33)58/h4-7,9-10,12,15,22,26,33,42-43H,8,11,13-14,16-21,24-25H2,1-3H3,(H,49,57)(H,48,56,58)/t33-,42?,43-,45?/m0/s1. The number of amides is 4. The van der Waals surface area contributed by atoms with Crippen molar-refractivity contribution in [3.8, 4) is 11.8 Å². The molecular formula is C45H48N10O5. The summed E-state index contributed by atoms with van der Waals surface area (Å²) in [6.45, 7) is 13.2. The van der Waals surface area contributed by atoms with E-state index in [1.165, 1.54) is 0 Å². The second-order valence-electron chi connectivity index (χ2n) is 18.0. The molecule has 6 aliphatic rings. The van der Waals surface area contributed by atoms with Gasteiger partial charge < -0.3 is 24.8 Å². The summed E-state index contributed by atoms with van der Waals surface area (Å²) in [6.07, 6.45) is 4.25. The Kier molecular flexibility index (Phi) is 9.05. The highest BCUT2D eigenvalue weighted by Gasteiger charge is 2.69. The molecule has 7 heterocycles. The van der Waals surface area contributed by atoms with Gasteiger partial charge in [0.15, 0.2) is 11.5 Å². The van der Waals surface area contributed by atoms with E-state index in [4.69, 9.17) is 4.74 Å². The summed E-state index contributed by atoms with van der Waals surface area (Å²) in [5, 5.41) is 25.1. The Balaban J connectivity index is 0.713. The van der Waals surface area contributed by atoms with E-state index in [1.807, 2.05) is 30.3 Å². The van der Waals surface area contributed by atoms with E-state index < -0.39 is 17.4 Å². The number of ether oxygens (including phenoxy) is 1. The largest absolute Gasteiger partial charge is 0.488 e. The molecule has 60 heavy (non-hydrogen) atoms. The first-order chi connectivity index (χ1) is 28.9. The maximum absolute atomic E-state index is 13.7. The highest BCUT2D eigenvalue weighted by molar-refractivity contribution is 6.05. The highest BCUT2D eigenvalue weighted by atomic mass is 16.5. The van der Waals surface area contributed by atoms with Gasteiger partial charge in [-0.1, -0.05) is 13.8 Å². The van der Waals surface area contributed by atoms with Crippen LogP contribution in [-0.2, 0) is 21.5 Å². The second-order valence-corrected chi connectivity index (χ2v) is 18.0. The number of aromatic nitrogens is 3. The molecule has 4 aromatic rings. The molecular weight excluding hydrogens is 761 g/mol. The van der Waals surface area contributed by atoms with Crippen molar-refractivity contribution in [1.29, 1.82) is 5.26 Å². The number of benzene rings is 2. The van der Waals surface area contributed by atoms with Crippen molar-refractivity contribution in [3.63, 3.8) is 0 Å². The van der Waals surface area contributed by atoms with Crippen LogP contribution < -0.4 is 25.2 Å². The lowest BCUT2D eigenvalue weighted by Crippen LogP contribution is -2.78. The lowest BCUT2D eigenvalue weighted by Gasteiger charge is -2.66. The number of piperidine rings is 2. The van der Waals surface area contributed by atoms with Crippen molar-refractivity contribution in [1.82, 2.24) is 35.6 Å². The molecule has 4 amide bonds. The summed E-state index contributed by atoms with van der Waals surface area (Å²) < 4.78 is 6.57. The predicted molar refractivity (Wildman–Crippen MR) is 221 cm³/mol. The van der Waals surface area contributed by atoms with Crippen molar-refractivity contribution >= 4 is 46.0 Å². The van der Waals surface area contributed by atoms with Crippen LogP contribution in [0.4, 0.5) is 11.5 Å². The lowest BCUT2D eigenvalue weighted by molar-refractivity contribution is -0.136. The Morgan fingerprint density at radius 2 is 1.75 bits per heavy atom. The van der Waals surface area contributed by atoms with Crippen LogP contribution in [0.5, 0.6) is 5.75 Å². The Morgan fingerprint density at radius 3 is 2.48 bits per heavy atom. The molecule has 15 heteroatoms. The van der Waals surface area contributed by atoms with Gasteiger partial charge in [0.2, 0.25) is 11.8 Å². The molecule has 308 valence electrons. The van der Waals surface area contributed by atoms with E-state index in [0.29, 0.717) is 41.3 Å². The molecule has 2 aromatic carbocycles. The maximum atomic E-state index is 13.7. The highest BCUT2D eigenvalue weighted by Crippen LogP contribution is 2.61. The summed E-state index contributed by atoms with van der Waals surface area (Å²) in [4.78, 5) is 64.3. The maximum Gasteiger partial charge on any atom is 0.272 e. The average Bonchev–Trinajstić information content (AvgIpc) is 3.59. The van der Waals surface area contributed by atoms with Gasteiger partial charge in [-0.25, -0.2) is 0 Å². The van der Waals surface area contributed by atoms with E-state index in [9.17, 15) is 24.4 Å². The van der Waals surface area contributed by atoms with Gasteiger partial charge >= 0.3 is 0 Å². The van der Waals surface area contributed by atoms with Crippen LogP contribution in [-0.4, -0.2) is 113 Å². The van der Waals surface area contributed by atoms with Crippen LogP contribution >= 0.6 is 0 Å². The number of rotatable bonds is 7. The monoisotopic (exact) mass is 808 g/mol. The molecule has 1 saturated carbocycles. The number of hydrogen-bond donors (Lipinski definition) is 2. The summed E-state index contributed by atoms with van der Waals surface area (Å²) in [5.41, 5.74) is 4.13. The average molecular weight is 809 g/mol. The number of nitriles is 1. The first kappa shape index (κ1) is 38.1. The topological polar surface area (TPSA) is 177 Å². The lowest BCUT2D eigenvalue weighted by atomic mass is 9.45. The van der Waals surface area contributed by atoms with Crippen molar-refractivity contribution in [2.45, 2.75) is 76.6 Å². The number of anilines is 2. The third kappa shape index (κ3) is 6.05. The molecule has 3 saturated heterocycles. The predicted octanol–water partition coefficient (Wildman–Crippen LogP) is 3.55. The van der Waals surface area contributed by atoms with Crippen LogP contribution in [0.25, 0.3) is 10.9 Å². The Labute approximate surface area is 348 Å². The number of hydrogen-bond acceptors (Lipinski definition) is 12. The molecule has 4 fully saturated rings. The number of carbonyl (C=O) groups is 4. The van der Waals surface area contributed by atoms with Crippen molar-refractivity contribution < 1.29 is 23.9 Å². The number of imide groups is 1. The quantitative estimate of drug-likeness (QED) is 0.260. The molecule has 10 rings (SSSR count). The fourth-order valence-electron chi connectivity index (χ4n) is 11.1. The van der Waals surface area contributed by atoms with Crippen LogP contribution in [0.3, 0.4) is 0 Å². The fourth-order valence-corrected chi connectivity index (χ4v) is 11.1. The molecule has 15 nitrogen and oxygen atoms in total. The van der Waals surface area contributed by atoms with E-state index in [0.717, 1.165) is 86.7 Å². The van der Waals surface area contributed by atoms with Crippen LogP contribution in [0, 0.1) is 22.7 Å². The zero-order chi connectivity index (χ0) is 41.5. The number of nitrogens with one attached hydrogen (secondary N) is 2. The number of nitrogens with zero attached hydrogens (tertiary/aromatic N) is 8. The summed E-state index contributed by atoms with van der Waals surface area (Å²) >= 11 is 0. The summed E-state index contributed by atoms with van der Waals surface area (Å²) in [6, 6.07) is 16.6. The first-order valence-corrected chi connectivity index (χ1v) is 21.1. The van der Waals surface area contributed by atoms with Gasteiger partial charge in [-0.3, -0.25) is 34.4 Å². The number of piperazine rings is 1. The van der Waals surface area contributed by atoms with Crippen molar-refractivity contribution in [2.24, 2.45) is 11.3 Å². The van der Waals surface area contributed by atoms with Crippen molar-refractivity contribution in [2.75, 3.05) is 55.6 Å². The van der Waals surface area contributed by atoms with E-state index in [-0.39, 0.29) is 47.4 Å².